The Morgan fingerprint density at radius 1 is 1.50 bits per heavy atom. The molecule has 0 aliphatic heterocycles. The average Bonchev–Trinajstić information content (AvgIpc) is 2.08. The summed E-state index contributed by atoms with van der Waals surface area (Å²) in [5, 5.41) is 9.72. The van der Waals surface area contributed by atoms with Crippen LogP contribution in [0, 0.1) is 5.82 Å². The van der Waals surface area contributed by atoms with E-state index in [0.29, 0.717) is 10.0 Å². The molecule has 14 heavy (non-hydrogen) atoms. The highest BCUT2D eigenvalue weighted by Gasteiger charge is 2.11. The second-order valence-electron chi connectivity index (χ2n) is 3.33. The van der Waals surface area contributed by atoms with Crippen LogP contribution >= 0.6 is 15.9 Å². The first-order chi connectivity index (χ1) is 6.52. The third kappa shape index (κ3) is 2.66. The van der Waals surface area contributed by atoms with E-state index in [9.17, 15) is 9.50 Å². The fraction of sp³-hybridized carbons (Fsp3) is 0.273. The van der Waals surface area contributed by atoms with Crippen LogP contribution in [0.15, 0.2) is 34.3 Å². The van der Waals surface area contributed by atoms with Gasteiger partial charge in [0.1, 0.15) is 5.82 Å². The summed E-state index contributed by atoms with van der Waals surface area (Å²) in [6.07, 6.45) is 0.921. The lowest BCUT2D eigenvalue weighted by Crippen LogP contribution is -1.96. The lowest BCUT2D eigenvalue weighted by atomic mass is 10.1. The summed E-state index contributed by atoms with van der Waals surface area (Å²) >= 11 is 3.11. The van der Waals surface area contributed by atoms with Gasteiger partial charge < -0.3 is 5.11 Å². The van der Waals surface area contributed by atoms with Gasteiger partial charge >= 0.3 is 0 Å². The molecule has 0 spiro atoms. The predicted molar refractivity (Wildman–Crippen MR) is 58.5 cm³/mol. The normalized spacial score (nSPS) is 12.4. The number of benzene rings is 1. The van der Waals surface area contributed by atoms with Gasteiger partial charge in [-0.3, -0.25) is 0 Å². The van der Waals surface area contributed by atoms with Crippen molar-refractivity contribution in [1.82, 2.24) is 0 Å². The minimum atomic E-state index is -0.759. The van der Waals surface area contributed by atoms with Gasteiger partial charge in [-0.05, 0) is 35.8 Å². The smallest absolute Gasteiger partial charge is 0.137 e. The Kier molecular flexibility index (Phi) is 3.84. The van der Waals surface area contributed by atoms with E-state index in [1.54, 1.807) is 18.2 Å². The summed E-state index contributed by atoms with van der Waals surface area (Å²) in [6.45, 7) is 3.77. The van der Waals surface area contributed by atoms with Crippen LogP contribution < -0.4 is 0 Å². The van der Waals surface area contributed by atoms with Crippen LogP contribution in [-0.4, -0.2) is 5.11 Å². The van der Waals surface area contributed by atoms with Crippen LogP contribution in [0.1, 0.15) is 25.5 Å². The number of rotatable bonds is 2. The maximum atomic E-state index is 13.1. The standard InChI is InChI=1S/C11H12BrFO/c1-7(2)6-10(14)8-4-3-5-9(13)11(8)12/h3-6,10,14H,1-2H3. The van der Waals surface area contributed by atoms with E-state index in [0.717, 1.165) is 5.57 Å². The van der Waals surface area contributed by atoms with Crippen molar-refractivity contribution in [2.24, 2.45) is 0 Å². The maximum Gasteiger partial charge on any atom is 0.137 e. The highest BCUT2D eigenvalue weighted by molar-refractivity contribution is 9.10. The summed E-state index contributed by atoms with van der Waals surface area (Å²) in [7, 11) is 0. The summed E-state index contributed by atoms with van der Waals surface area (Å²) in [6, 6.07) is 4.62. The van der Waals surface area contributed by atoms with Gasteiger partial charge in [0.15, 0.2) is 0 Å². The van der Waals surface area contributed by atoms with Crippen molar-refractivity contribution in [2.75, 3.05) is 0 Å². The molecule has 76 valence electrons. The van der Waals surface area contributed by atoms with Crippen molar-refractivity contribution in [2.45, 2.75) is 20.0 Å². The van der Waals surface area contributed by atoms with E-state index in [1.165, 1.54) is 6.07 Å². The lowest BCUT2D eigenvalue weighted by Gasteiger charge is -2.09. The number of aliphatic hydroxyl groups is 1. The van der Waals surface area contributed by atoms with Crippen LogP contribution in [0.5, 0.6) is 0 Å². The van der Waals surface area contributed by atoms with Gasteiger partial charge in [-0.15, -0.1) is 0 Å². The zero-order valence-corrected chi connectivity index (χ0v) is 9.68. The molecule has 1 aromatic carbocycles. The molecule has 0 amide bonds. The molecule has 0 fully saturated rings. The van der Waals surface area contributed by atoms with Crippen LogP contribution in [0.25, 0.3) is 0 Å². The monoisotopic (exact) mass is 258 g/mol. The fourth-order valence-corrected chi connectivity index (χ4v) is 1.65. The largest absolute Gasteiger partial charge is 0.384 e. The van der Waals surface area contributed by atoms with Crippen LogP contribution in [0.4, 0.5) is 4.39 Å². The number of hydrogen-bond donors (Lipinski definition) is 1. The Morgan fingerprint density at radius 3 is 2.71 bits per heavy atom. The second-order valence-corrected chi connectivity index (χ2v) is 4.12. The van der Waals surface area contributed by atoms with E-state index in [-0.39, 0.29) is 5.82 Å². The Labute approximate surface area is 91.4 Å². The Morgan fingerprint density at radius 2 is 2.14 bits per heavy atom. The summed E-state index contributed by atoms with van der Waals surface area (Å²) < 4.78 is 13.4. The lowest BCUT2D eigenvalue weighted by molar-refractivity contribution is 0.226. The highest BCUT2D eigenvalue weighted by atomic mass is 79.9. The molecule has 0 aliphatic rings. The quantitative estimate of drug-likeness (QED) is 0.805. The van der Waals surface area contributed by atoms with Gasteiger partial charge in [-0.25, -0.2) is 4.39 Å². The third-order valence-corrected chi connectivity index (χ3v) is 2.63. The fourth-order valence-electron chi connectivity index (χ4n) is 1.15. The molecule has 1 atom stereocenters. The molecular weight excluding hydrogens is 247 g/mol. The summed E-state index contributed by atoms with van der Waals surface area (Å²) in [4.78, 5) is 0. The zero-order chi connectivity index (χ0) is 10.7. The summed E-state index contributed by atoms with van der Waals surface area (Å²) in [5.41, 5.74) is 1.54. The molecule has 0 saturated carbocycles. The van der Waals surface area contributed by atoms with Crippen molar-refractivity contribution >= 4 is 15.9 Å². The molecular formula is C11H12BrFO. The zero-order valence-electron chi connectivity index (χ0n) is 8.09. The minimum Gasteiger partial charge on any atom is -0.384 e. The van der Waals surface area contributed by atoms with Crippen molar-refractivity contribution in [3.63, 3.8) is 0 Å². The van der Waals surface area contributed by atoms with E-state index in [1.807, 2.05) is 13.8 Å². The van der Waals surface area contributed by atoms with E-state index in [2.05, 4.69) is 15.9 Å². The molecule has 0 heterocycles. The molecule has 0 radical (unpaired) electrons. The molecule has 1 nitrogen and oxygen atoms in total. The van der Waals surface area contributed by atoms with Crippen LogP contribution in [0.2, 0.25) is 0 Å². The first kappa shape index (κ1) is 11.4. The van der Waals surface area contributed by atoms with Gasteiger partial charge in [-0.2, -0.15) is 0 Å². The molecule has 1 rings (SSSR count). The van der Waals surface area contributed by atoms with E-state index < -0.39 is 6.10 Å². The number of hydrogen-bond acceptors (Lipinski definition) is 1. The molecule has 0 aliphatic carbocycles. The van der Waals surface area contributed by atoms with E-state index >= 15 is 0 Å². The molecule has 3 heteroatoms. The van der Waals surface area contributed by atoms with E-state index in [4.69, 9.17) is 0 Å². The molecule has 0 bridgehead atoms. The molecule has 1 unspecified atom stereocenters. The van der Waals surface area contributed by atoms with Crippen molar-refractivity contribution in [3.05, 3.63) is 45.7 Å². The topological polar surface area (TPSA) is 20.2 Å². The average molecular weight is 259 g/mol. The SMILES string of the molecule is CC(C)=CC(O)c1cccc(F)c1Br. The number of aliphatic hydroxyl groups excluding tert-OH is 1. The first-order valence-electron chi connectivity index (χ1n) is 4.29. The summed E-state index contributed by atoms with van der Waals surface area (Å²) in [5.74, 6) is -0.358. The van der Waals surface area contributed by atoms with Crippen molar-refractivity contribution < 1.29 is 9.50 Å². The number of allylic oxidation sites excluding steroid dienone is 1. The first-order valence-corrected chi connectivity index (χ1v) is 5.08. The molecule has 1 N–H and O–H groups in total. The van der Waals surface area contributed by atoms with Crippen molar-refractivity contribution in [3.8, 4) is 0 Å². The molecule has 0 aromatic heterocycles. The Bertz CT molecular complexity index is 356. The highest BCUT2D eigenvalue weighted by Crippen LogP contribution is 2.27. The van der Waals surface area contributed by atoms with Gasteiger partial charge in [0.25, 0.3) is 0 Å². The predicted octanol–water partition coefficient (Wildman–Crippen LogP) is 3.59. The third-order valence-electron chi connectivity index (χ3n) is 1.79. The van der Waals surface area contributed by atoms with Gasteiger partial charge in [0, 0.05) is 5.56 Å². The number of halogens is 2. The van der Waals surface area contributed by atoms with Crippen LogP contribution in [-0.2, 0) is 0 Å². The maximum absolute atomic E-state index is 13.1. The van der Waals surface area contributed by atoms with Crippen LogP contribution in [0.3, 0.4) is 0 Å². The van der Waals surface area contributed by atoms with Gasteiger partial charge in [0.05, 0.1) is 10.6 Å². The molecule has 1 aromatic rings. The Balaban J connectivity index is 3.07. The minimum absolute atomic E-state index is 0.324. The van der Waals surface area contributed by atoms with Gasteiger partial charge in [-0.1, -0.05) is 23.8 Å². The van der Waals surface area contributed by atoms with Crippen molar-refractivity contribution in [1.29, 1.82) is 0 Å². The Hall–Kier alpha value is -0.670. The second kappa shape index (κ2) is 4.71. The van der Waals surface area contributed by atoms with Gasteiger partial charge in [0.2, 0.25) is 0 Å². The molecule has 0 saturated heterocycles.